The molecule has 0 spiro atoms. The molecule has 21 heavy (non-hydrogen) atoms. The first-order chi connectivity index (χ1) is 9.88. The van der Waals surface area contributed by atoms with E-state index in [0.29, 0.717) is 10.2 Å². The number of hydrogen-bond acceptors (Lipinski definition) is 2. The van der Waals surface area contributed by atoms with E-state index in [0.717, 1.165) is 11.3 Å². The van der Waals surface area contributed by atoms with Crippen LogP contribution in [0.2, 0.25) is 0 Å². The summed E-state index contributed by atoms with van der Waals surface area (Å²) in [5.41, 5.74) is 3.01. The first kappa shape index (κ1) is 15.5. The molecular formula is C16H16BrFN2O. The van der Waals surface area contributed by atoms with Crippen molar-refractivity contribution in [2.24, 2.45) is 0 Å². The van der Waals surface area contributed by atoms with E-state index in [1.165, 1.54) is 12.1 Å². The minimum absolute atomic E-state index is 0.284. The Hall–Kier alpha value is -1.88. The third-order valence-corrected chi connectivity index (χ3v) is 3.80. The lowest BCUT2D eigenvalue weighted by atomic mass is 10.1. The number of nitrogens with one attached hydrogen (secondary N) is 1. The van der Waals surface area contributed by atoms with Gasteiger partial charge in [0.25, 0.3) is 5.91 Å². The molecule has 110 valence electrons. The Bertz CT molecular complexity index is 686. The fraction of sp³-hybridized carbons (Fsp3) is 0.188. The van der Waals surface area contributed by atoms with Crippen molar-refractivity contribution < 1.29 is 9.18 Å². The second kappa shape index (κ2) is 6.26. The van der Waals surface area contributed by atoms with Gasteiger partial charge in [-0.25, -0.2) is 4.39 Å². The Morgan fingerprint density at radius 1 is 1.19 bits per heavy atom. The zero-order chi connectivity index (χ0) is 15.6. The van der Waals surface area contributed by atoms with Crippen LogP contribution < -0.4 is 10.2 Å². The highest BCUT2D eigenvalue weighted by Crippen LogP contribution is 2.22. The lowest BCUT2D eigenvalue weighted by Gasteiger charge is -2.15. The normalized spacial score (nSPS) is 10.3. The number of amides is 1. The van der Waals surface area contributed by atoms with Gasteiger partial charge in [-0.3, -0.25) is 4.79 Å². The van der Waals surface area contributed by atoms with Crippen molar-refractivity contribution in [1.82, 2.24) is 0 Å². The zero-order valence-electron chi connectivity index (χ0n) is 12.1. The molecule has 0 fully saturated rings. The Morgan fingerprint density at radius 3 is 2.48 bits per heavy atom. The minimum Gasteiger partial charge on any atom is -0.378 e. The van der Waals surface area contributed by atoms with Crippen LogP contribution in [-0.4, -0.2) is 20.0 Å². The van der Waals surface area contributed by atoms with Gasteiger partial charge in [0, 0.05) is 31.0 Å². The second-order valence-electron chi connectivity index (χ2n) is 4.98. The van der Waals surface area contributed by atoms with Crippen LogP contribution in [0.5, 0.6) is 0 Å². The maximum atomic E-state index is 13.5. The molecule has 5 heteroatoms. The third kappa shape index (κ3) is 3.61. The summed E-state index contributed by atoms with van der Waals surface area (Å²) in [5.74, 6) is -0.788. The lowest BCUT2D eigenvalue weighted by molar-refractivity contribution is 0.102. The van der Waals surface area contributed by atoms with Crippen LogP contribution in [0.15, 0.2) is 40.9 Å². The van der Waals surface area contributed by atoms with Gasteiger partial charge >= 0.3 is 0 Å². The Morgan fingerprint density at radius 2 is 1.90 bits per heavy atom. The van der Waals surface area contributed by atoms with Crippen molar-refractivity contribution in [2.75, 3.05) is 24.3 Å². The van der Waals surface area contributed by atoms with Crippen molar-refractivity contribution in [1.29, 1.82) is 0 Å². The van der Waals surface area contributed by atoms with E-state index >= 15 is 0 Å². The summed E-state index contributed by atoms with van der Waals surface area (Å²) in [6.07, 6.45) is 0. The largest absolute Gasteiger partial charge is 0.378 e. The molecule has 0 aliphatic rings. The summed E-state index contributed by atoms with van der Waals surface area (Å²) in [4.78, 5) is 14.1. The van der Waals surface area contributed by atoms with Crippen LogP contribution in [0.3, 0.4) is 0 Å². The average Bonchev–Trinajstić information content (AvgIpc) is 2.43. The van der Waals surface area contributed by atoms with Gasteiger partial charge in [-0.1, -0.05) is 0 Å². The summed E-state index contributed by atoms with van der Waals surface area (Å²) in [6, 6.07) is 10.1. The molecule has 1 N–H and O–H groups in total. The third-order valence-electron chi connectivity index (χ3n) is 3.16. The van der Waals surface area contributed by atoms with Crippen molar-refractivity contribution in [3.05, 3.63) is 57.8 Å². The van der Waals surface area contributed by atoms with E-state index in [1.54, 1.807) is 6.07 Å². The van der Waals surface area contributed by atoms with Crippen LogP contribution in [0.1, 0.15) is 15.9 Å². The van der Waals surface area contributed by atoms with Gasteiger partial charge in [-0.2, -0.15) is 0 Å². The quantitative estimate of drug-likeness (QED) is 0.898. The van der Waals surface area contributed by atoms with Gasteiger partial charge in [0.2, 0.25) is 0 Å². The number of benzene rings is 2. The molecule has 2 aromatic carbocycles. The molecule has 0 radical (unpaired) electrons. The Balaban J connectivity index is 2.21. The van der Waals surface area contributed by atoms with E-state index in [-0.39, 0.29) is 11.5 Å². The van der Waals surface area contributed by atoms with Gasteiger partial charge in [0.15, 0.2) is 0 Å². The van der Waals surface area contributed by atoms with Crippen LogP contribution in [0.25, 0.3) is 0 Å². The fourth-order valence-corrected chi connectivity index (χ4v) is 2.14. The zero-order valence-corrected chi connectivity index (χ0v) is 13.7. The van der Waals surface area contributed by atoms with Crippen molar-refractivity contribution >= 4 is 33.2 Å². The van der Waals surface area contributed by atoms with Gasteiger partial charge < -0.3 is 10.2 Å². The van der Waals surface area contributed by atoms with Gasteiger partial charge in [0.05, 0.1) is 4.47 Å². The summed E-state index contributed by atoms with van der Waals surface area (Å²) >= 11 is 3.07. The molecule has 0 saturated carbocycles. The van der Waals surface area contributed by atoms with Gasteiger partial charge in [0.1, 0.15) is 5.82 Å². The maximum Gasteiger partial charge on any atom is 0.255 e. The molecule has 0 aromatic heterocycles. The molecule has 0 atom stereocenters. The molecule has 0 aliphatic carbocycles. The lowest BCUT2D eigenvalue weighted by Crippen LogP contribution is -2.14. The minimum atomic E-state index is -0.456. The smallest absolute Gasteiger partial charge is 0.255 e. The molecule has 0 bridgehead atoms. The number of carbonyl (C=O) groups is 1. The predicted molar refractivity (Wildman–Crippen MR) is 87.6 cm³/mol. The van der Waals surface area contributed by atoms with E-state index < -0.39 is 5.82 Å². The van der Waals surface area contributed by atoms with E-state index in [2.05, 4.69) is 21.2 Å². The van der Waals surface area contributed by atoms with E-state index in [9.17, 15) is 9.18 Å². The van der Waals surface area contributed by atoms with E-state index in [1.807, 2.05) is 44.1 Å². The highest BCUT2D eigenvalue weighted by atomic mass is 79.9. The number of aryl methyl sites for hydroxylation is 1. The summed E-state index contributed by atoms with van der Waals surface area (Å²) < 4.78 is 13.8. The van der Waals surface area contributed by atoms with Gasteiger partial charge in [-0.05, 0) is 64.8 Å². The summed E-state index contributed by atoms with van der Waals surface area (Å²) in [5, 5.41) is 2.80. The van der Waals surface area contributed by atoms with Crippen LogP contribution in [0.4, 0.5) is 15.8 Å². The number of nitrogens with zero attached hydrogens (tertiary/aromatic N) is 1. The summed E-state index contributed by atoms with van der Waals surface area (Å²) in [7, 11) is 3.91. The number of rotatable bonds is 3. The molecule has 3 nitrogen and oxygen atoms in total. The maximum absolute atomic E-state index is 13.5. The average molecular weight is 351 g/mol. The number of anilines is 2. The molecule has 2 rings (SSSR count). The standard InChI is InChI=1S/C16H16BrFN2O/c1-10-8-12(20(2)3)5-7-15(10)19-16(21)11-4-6-13(17)14(18)9-11/h4-9H,1-3H3,(H,19,21). The highest BCUT2D eigenvalue weighted by Gasteiger charge is 2.10. The molecular weight excluding hydrogens is 335 g/mol. The molecule has 1 amide bonds. The molecule has 2 aromatic rings. The number of carbonyl (C=O) groups excluding carboxylic acids is 1. The first-order valence-corrected chi connectivity index (χ1v) is 7.22. The number of hydrogen-bond donors (Lipinski definition) is 1. The van der Waals surface area contributed by atoms with Crippen molar-refractivity contribution in [3.63, 3.8) is 0 Å². The van der Waals surface area contributed by atoms with Crippen molar-refractivity contribution in [2.45, 2.75) is 6.92 Å². The van der Waals surface area contributed by atoms with Crippen molar-refractivity contribution in [3.8, 4) is 0 Å². The molecule has 0 unspecified atom stereocenters. The SMILES string of the molecule is Cc1cc(N(C)C)ccc1NC(=O)c1ccc(Br)c(F)c1. The molecule has 0 saturated heterocycles. The van der Waals surface area contributed by atoms with E-state index in [4.69, 9.17) is 0 Å². The molecule has 0 aliphatic heterocycles. The van der Waals surface area contributed by atoms with Crippen LogP contribution in [0, 0.1) is 12.7 Å². The topological polar surface area (TPSA) is 32.3 Å². The number of halogens is 2. The first-order valence-electron chi connectivity index (χ1n) is 6.43. The van der Waals surface area contributed by atoms with Crippen LogP contribution in [-0.2, 0) is 0 Å². The summed E-state index contributed by atoms with van der Waals surface area (Å²) in [6.45, 7) is 1.92. The Labute approximate surface area is 131 Å². The fourth-order valence-electron chi connectivity index (χ4n) is 1.90. The monoisotopic (exact) mass is 350 g/mol. The van der Waals surface area contributed by atoms with Crippen LogP contribution >= 0.6 is 15.9 Å². The highest BCUT2D eigenvalue weighted by molar-refractivity contribution is 9.10. The van der Waals surface area contributed by atoms with Gasteiger partial charge in [-0.15, -0.1) is 0 Å². The Kier molecular flexibility index (Phi) is 4.63. The predicted octanol–water partition coefficient (Wildman–Crippen LogP) is 4.21. The second-order valence-corrected chi connectivity index (χ2v) is 5.83. The molecule has 0 heterocycles.